The van der Waals surface area contributed by atoms with Crippen molar-refractivity contribution in [2.75, 3.05) is 7.11 Å². The molecule has 0 aromatic heterocycles. The number of nitrogens with zero attached hydrogens (tertiary/aromatic N) is 1. The monoisotopic (exact) mass is 315 g/mol. The summed E-state index contributed by atoms with van der Waals surface area (Å²) >= 11 is 0. The predicted octanol–water partition coefficient (Wildman–Crippen LogP) is 2.96. The number of ether oxygens (including phenoxy) is 2. The summed E-state index contributed by atoms with van der Waals surface area (Å²) in [6.45, 7) is 7.84. The van der Waals surface area contributed by atoms with Gasteiger partial charge in [0.05, 0.1) is 13.2 Å². The number of methoxy groups -OCH3 is 1. The Morgan fingerprint density at radius 1 is 1.48 bits per heavy atom. The lowest BCUT2D eigenvalue weighted by atomic mass is 9.81. The molecule has 23 heavy (non-hydrogen) atoms. The molecule has 5 nitrogen and oxygen atoms in total. The molecule has 1 aromatic rings. The van der Waals surface area contributed by atoms with Crippen molar-refractivity contribution in [3.63, 3.8) is 0 Å². The number of carbonyl (C=O) groups excluding carboxylic acids is 2. The van der Waals surface area contributed by atoms with Gasteiger partial charge in [-0.25, -0.2) is 9.59 Å². The molecular weight excluding hydrogens is 294 g/mol. The van der Waals surface area contributed by atoms with Crippen molar-refractivity contribution in [2.24, 2.45) is 0 Å². The van der Waals surface area contributed by atoms with E-state index in [1.807, 2.05) is 18.2 Å². The number of benzene rings is 1. The molecule has 5 heteroatoms. The van der Waals surface area contributed by atoms with Crippen LogP contribution < -0.4 is 0 Å². The minimum atomic E-state index is -0.714. The second-order valence-corrected chi connectivity index (χ2v) is 6.53. The fraction of sp³-hybridized carbons (Fsp3) is 0.444. The van der Waals surface area contributed by atoms with Crippen molar-refractivity contribution in [1.82, 2.24) is 4.90 Å². The third-order valence-electron chi connectivity index (χ3n) is 4.92. The van der Waals surface area contributed by atoms with Gasteiger partial charge in [0.15, 0.2) is 6.10 Å². The van der Waals surface area contributed by atoms with E-state index in [9.17, 15) is 9.59 Å². The molecule has 1 aromatic carbocycles. The van der Waals surface area contributed by atoms with Gasteiger partial charge in [-0.15, -0.1) is 6.58 Å². The zero-order valence-corrected chi connectivity index (χ0v) is 13.6. The largest absolute Gasteiger partial charge is 0.467 e. The number of amides is 1. The summed E-state index contributed by atoms with van der Waals surface area (Å²) in [4.78, 5) is 26.2. The Labute approximate surface area is 135 Å². The number of rotatable bonds is 4. The van der Waals surface area contributed by atoms with Gasteiger partial charge >= 0.3 is 12.1 Å². The number of esters is 1. The first-order chi connectivity index (χ1) is 10.9. The van der Waals surface area contributed by atoms with E-state index in [1.54, 1.807) is 6.08 Å². The highest BCUT2D eigenvalue weighted by Gasteiger charge is 2.59. The molecule has 1 amide bonds. The third kappa shape index (κ3) is 2.14. The number of hydrogen-bond donors (Lipinski definition) is 0. The molecule has 0 bridgehead atoms. The van der Waals surface area contributed by atoms with Gasteiger partial charge in [0.25, 0.3) is 0 Å². The molecule has 0 saturated carbocycles. The normalized spacial score (nSPS) is 25.3. The van der Waals surface area contributed by atoms with Crippen LogP contribution in [0.25, 0.3) is 0 Å². The highest BCUT2D eigenvalue weighted by Crippen LogP contribution is 2.53. The average molecular weight is 315 g/mol. The van der Waals surface area contributed by atoms with Crippen LogP contribution in [0.15, 0.2) is 36.9 Å². The van der Waals surface area contributed by atoms with E-state index >= 15 is 0 Å². The summed E-state index contributed by atoms with van der Waals surface area (Å²) in [7, 11) is 1.33. The van der Waals surface area contributed by atoms with E-state index in [0.29, 0.717) is 6.42 Å². The molecule has 3 atom stereocenters. The minimum Gasteiger partial charge on any atom is -0.467 e. The van der Waals surface area contributed by atoms with Gasteiger partial charge in [-0.3, -0.25) is 4.90 Å². The van der Waals surface area contributed by atoms with Crippen LogP contribution in [0.5, 0.6) is 0 Å². The molecule has 1 saturated heterocycles. The van der Waals surface area contributed by atoms with Crippen molar-refractivity contribution in [3.05, 3.63) is 48.0 Å². The van der Waals surface area contributed by atoms with Gasteiger partial charge in [0, 0.05) is 5.41 Å². The maximum Gasteiger partial charge on any atom is 0.411 e. The Morgan fingerprint density at radius 3 is 2.83 bits per heavy atom. The summed E-state index contributed by atoms with van der Waals surface area (Å²) in [5.74, 6) is -0.450. The second kappa shape index (κ2) is 5.41. The van der Waals surface area contributed by atoms with E-state index in [2.05, 4.69) is 26.5 Å². The Morgan fingerprint density at radius 2 is 2.17 bits per heavy atom. The van der Waals surface area contributed by atoms with Crippen LogP contribution in [0.1, 0.15) is 37.5 Å². The van der Waals surface area contributed by atoms with Crippen molar-refractivity contribution >= 4 is 12.1 Å². The van der Waals surface area contributed by atoms with Crippen molar-refractivity contribution in [3.8, 4) is 0 Å². The van der Waals surface area contributed by atoms with Gasteiger partial charge in [0.2, 0.25) is 0 Å². The molecule has 1 aliphatic carbocycles. The molecule has 3 rings (SSSR count). The van der Waals surface area contributed by atoms with Crippen LogP contribution in [0, 0.1) is 0 Å². The Balaban J connectivity index is 2.06. The van der Waals surface area contributed by atoms with E-state index < -0.39 is 18.1 Å². The topological polar surface area (TPSA) is 55.8 Å². The molecule has 1 fully saturated rings. The quantitative estimate of drug-likeness (QED) is 0.633. The second-order valence-electron chi connectivity index (χ2n) is 6.53. The van der Waals surface area contributed by atoms with E-state index in [1.165, 1.54) is 12.0 Å². The molecule has 0 N–H and O–H groups in total. The van der Waals surface area contributed by atoms with Crippen LogP contribution in [0.4, 0.5) is 4.79 Å². The SMILES string of the molecule is C=CC[C@H](C(=O)OC)N1C(=O)O[C@@H]2c3ccccc3C(C)(C)[C@@H]21. The molecular formula is C18H21NO4. The zero-order valence-electron chi connectivity index (χ0n) is 13.6. The number of fused-ring (bicyclic) bond motifs is 3. The van der Waals surface area contributed by atoms with Crippen LogP contribution in [-0.2, 0) is 19.7 Å². The van der Waals surface area contributed by atoms with E-state index in [4.69, 9.17) is 9.47 Å². The summed E-state index contributed by atoms with van der Waals surface area (Å²) in [5, 5.41) is 0. The predicted molar refractivity (Wildman–Crippen MR) is 84.9 cm³/mol. The fourth-order valence-electron chi connectivity index (χ4n) is 3.88. The molecule has 1 heterocycles. The maximum atomic E-state index is 12.5. The summed E-state index contributed by atoms with van der Waals surface area (Å²) < 4.78 is 10.5. The number of carbonyl (C=O) groups is 2. The Hall–Kier alpha value is -2.30. The maximum absolute atomic E-state index is 12.5. The fourth-order valence-corrected chi connectivity index (χ4v) is 3.88. The van der Waals surface area contributed by atoms with Crippen molar-refractivity contribution in [2.45, 2.75) is 43.9 Å². The lowest BCUT2D eigenvalue weighted by Crippen LogP contribution is -2.52. The van der Waals surface area contributed by atoms with E-state index in [0.717, 1.165) is 11.1 Å². The van der Waals surface area contributed by atoms with Crippen LogP contribution in [0.2, 0.25) is 0 Å². The van der Waals surface area contributed by atoms with Gasteiger partial charge in [-0.2, -0.15) is 0 Å². The Bertz CT molecular complexity index is 667. The molecule has 2 aliphatic rings. The smallest absolute Gasteiger partial charge is 0.411 e. The summed E-state index contributed by atoms with van der Waals surface area (Å²) in [5.41, 5.74) is 1.84. The first-order valence-corrected chi connectivity index (χ1v) is 7.70. The molecule has 0 radical (unpaired) electrons. The summed E-state index contributed by atoms with van der Waals surface area (Å²) in [6, 6.07) is 7.01. The minimum absolute atomic E-state index is 0.239. The van der Waals surface area contributed by atoms with Crippen molar-refractivity contribution < 1.29 is 19.1 Å². The molecule has 1 aliphatic heterocycles. The average Bonchev–Trinajstić information content (AvgIpc) is 2.99. The van der Waals surface area contributed by atoms with Crippen LogP contribution in [0.3, 0.4) is 0 Å². The summed E-state index contributed by atoms with van der Waals surface area (Å²) in [6.07, 6.45) is 1.12. The van der Waals surface area contributed by atoms with Crippen molar-refractivity contribution in [1.29, 1.82) is 0 Å². The van der Waals surface area contributed by atoms with E-state index in [-0.39, 0.29) is 17.6 Å². The first-order valence-electron chi connectivity index (χ1n) is 7.70. The third-order valence-corrected chi connectivity index (χ3v) is 4.92. The number of hydrogen-bond acceptors (Lipinski definition) is 4. The van der Waals surface area contributed by atoms with Gasteiger partial charge in [-0.05, 0) is 17.5 Å². The first kappa shape index (κ1) is 15.6. The molecule has 0 spiro atoms. The zero-order chi connectivity index (χ0) is 16.8. The standard InChI is InChI=1S/C18H21NO4/c1-5-8-13(16(20)22-4)19-15-14(23-17(19)21)11-9-6-7-10-12(11)18(15,2)3/h5-7,9-10,13-15H,1,8H2,2-4H3/t13-,14-,15-/m1/s1. The van der Waals surface area contributed by atoms with Gasteiger partial charge < -0.3 is 9.47 Å². The molecule has 122 valence electrons. The lowest BCUT2D eigenvalue weighted by Gasteiger charge is -2.36. The van der Waals surface area contributed by atoms with Crippen LogP contribution in [-0.4, -0.2) is 36.2 Å². The highest BCUT2D eigenvalue weighted by molar-refractivity contribution is 5.83. The molecule has 0 unspecified atom stereocenters. The lowest BCUT2D eigenvalue weighted by molar-refractivity contribution is -0.146. The van der Waals surface area contributed by atoms with Crippen LogP contribution >= 0.6 is 0 Å². The van der Waals surface area contributed by atoms with Gasteiger partial charge in [0.1, 0.15) is 6.04 Å². The van der Waals surface area contributed by atoms with Gasteiger partial charge in [-0.1, -0.05) is 44.2 Å². The highest BCUT2D eigenvalue weighted by atomic mass is 16.6. The Kier molecular flexibility index (Phi) is 3.66.